The van der Waals surface area contributed by atoms with Gasteiger partial charge in [-0.15, -0.1) is 0 Å². The Hall–Kier alpha value is -2.87. The lowest BCUT2D eigenvalue weighted by Crippen LogP contribution is -2.17. The van der Waals surface area contributed by atoms with Gasteiger partial charge in [-0.1, -0.05) is 99.2 Å². The molecule has 0 radical (unpaired) electrons. The summed E-state index contributed by atoms with van der Waals surface area (Å²) in [6.45, 7) is 0. The molecular weight excluding hydrogens is 424 g/mol. The Morgan fingerprint density at radius 3 is 2.20 bits per heavy atom. The molecule has 0 amide bonds. The topological polar surface area (TPSA) is 17.8 Å². The first kappa shape index (κ1) is 22.6. The van der Waals surface area contributed by atoms with Crippen LogP contribution < -0.4 is 0 Å². The maximum absolute atomic E-state index is 4.91. The Balaban J connectivity index is 1.61. The second-order valence-corrected chi connectivity index (χ2v) is 10.8. The number of imidazole rings is 1. The predicted molar refractivity (Wildman–Crippen MR) is 147 cm³/mol. The molecule has 0 unspecified atom stereocenters. The van der Waals surface area contributed by atoms with Crippen molar-refractivity contribution in [1.82, 2.24) is 9.55 Å². The Kier molecular flexibility index (Phi) is 6.71. The monoisotopic (exact) mass is 462 g/mol. The predicted octanol–water partition coefficient (Wildman–Crippen LogP) is 9.37. The molecule has 2 nitrogen and oxygen atoms in total. The van der Waals surface area contributed by atoms with E-state index in [4.69, 9.17) is 4.98 Å². The Morgan fingerprint density at radius 2 is 1.49 bits per heavy atom. The number of aromatic nitrogens is 2. The molecular formula is C33H38N2. The van der Waals surface area contributed by atoms with Crippen molar-refractivity contribution in [1.29, 1.82) is 0 Å². The molecule has 2 aromatic carbocycles. The number of hydrogen-bond acceptors (Lipinski definition) is 1. The van der Waals surface area contributed by atoms with Crippen LogP contribution in [0.5, 0.6) is 0 Å². The number of benzene rings is 2. The molecule has 3 aromatic rings. The molecule has 0 saturated heterocycles. The quantitative estimate of drug-likeness (QED) is 0.369. The Labute approximate surface area is 210 Å². The summed E-state index contributed by atoms with van der Waals surface area (Å²) in [5.41, 5.74) is 8.71. The normalized spacial score (nSPS) is 19.6. The third-order valence-corrected chi connectivity index (χ3v) is 8.53. The van der Waals surface area contributed by atoms with E-state index in [9.17, 15) is 0 Å². The molecule has 2 heteroatoms. The fraction of sp³-hybridized carbons (Fsp3) is 0.424. The molecule has 35 heavy (non-hydrogen) atoms. The van der Waals surface area contributed by atoms with Gasteiger partial charge in [-0.25, -0.2) is 4.98 Å². The molecule has 0 N–H and O–H groups in total. The van der Waals surface area contributed by atoms with Crippen LogP contribution in [0.1, 0.15) is 106 Å². The van der Waals surface area contributed by atoms with Gasteiger partial charge in [0.1, 0.15) is 5.82 Å². The summed E-state index contributed by atoms with van der Waals surface area (Å²) < 4.78 is 2.46. The van der Waals surface area contributed by atoms with Crippen LogP contribution in [0.15, 0.2) is 73.1 Å². The SMILES string of the molecule is C1=CC(c2ccc(C3CCCCC3)c(-n3ccnc3-c3ccccc3)c2C2CCCCC2)=CCC1. The molecule has 0 aliphatic heterocycles. The fourth-order valence-electron chi connectivity index (χ4n) is 6.79. The van der Waals surface area contributed by atoms with E-state index < -0.39 is 0 Å². The van der Waals surface area contributed by atoms with Gasteiger partial charge < -0.3 is 0 Å². The van der Waals surface area contributed by atoms with Gasteiger partial charge in [0.05, 0.1) is 5.69 Å². The number of nitrogens with zero attached hydrogens (tertiary/aromatic N) is 2. The molecule has 180 valence electrons. The maximum atomic E-state index is 4.91. The van der Waals surface area contributed by atoms with E-state index >= 15 is 0 Å². The molecule has 2 fully saturated rings. The highest BCUT2D eigenvalue weighted by molar-refractivity contribution is 5.80. The van der Waals surface area contributed by atoms with Gasteiger partial charge in [0, 0.05) is 18.0 Å². The average molecular weight is 463 g/mol. The van der Waals surface area contributed by atoms with Crippen molar-refractivity contribution in [3.05, 3.63) is 89.8 Å². The molecule has 6 rings (SSSR count). The highest BCUT2D eigenvalue weighted by Crippen LogP contribution is 2.46. The van der Waals surface area contributed by atoms with Crippen molar-refractivity contribution in [2.75, 3.05) is 0 Å². The van der Waals surface area contributed by atoms with Crippen LogP contribution in [0, 0.1) is 0 Å². The highest BCUT2D eigenvalue weighted by Gasteiger charge is 2.29. The van der Waals surface area contributed by atoms with Crippen molar-refractivity contribution in [2.45, 2.75) is 88.9 Å². The summed E-state index contributed by atoms with van der Waals surface area (Å²) in [6, 6.07) is 15.7. The first-order chi connectivity index (χ1) is 17.4. The number of rotatable bonds is 5. The molecule has 1 heterocycles. The molecule has 2 saturated carbocycles. The third kappa shape index (κ3) is 4.56. The van der Waals surface area contributed by atoms with Crippen LogP contribution in [-0.2, 0) is 0 Å². The minimum absolute atomic E-state index is 0.625. The van der Waals surface area contributed by atoms with Crippen molar-refractivity contribution >= 4 is 5.57 Å². The minimum Gasteiger partial charge on any atom is -0.299 e. The standard InChI is InChI=1S/C33H38N2/c1-5-13-25(14-6-1)29-21-22-30(26-15-7-2-8-16-26)32(31(29)27-17-9-3-10-18-27)35-24-23-34-33(35)28-19-11-4-12-20-28/h4-5,11-14,19-24,26-27H,1-3,6-10,15-18H2. The second-order valence-electron chi connectivity index (χ2n) is 10.8. The largest absolute Gasteiger partial charge is 0.299 e. The summed E-state index contributed by atoms with van der Waals surface area (Å²) in [5.74, 6) is 2.35. The van der Waals surface area contributed by atoms with Crippen LogP contribution in [0.4, 0.5) is 0 Å². The molecule has 0 spiro atoms. The summed E-state index contributed by atoms with van der Waals surface area (Å²) in [5, 5.41) is 0. The first-order valence-electron chi connectivity index (χ1n) is 14.0. The van der Waals surface area contributed by atoms with Gasteiger partial charge in [-0.2, -0.15) is 0 Å². The zero-order valence-electron chi connectivity index (χ0n) is 21.0. The van der Waals surface area contributed by atoms with Crippen molar-refractivity contribution < 1.29 is 0 Å². The zero-order valence-corrected chi connectivity index (χ0v) is 21.0. The van der Waals surface area contributed by atoms with Crippen LogP contribution in [-0.4, -0.2) is 9.55 Å². The van der Waals surface area contributed by atoms with E-state index in [2.05, 4.69) is 71.5 Å². The van der Waals surface area contributed by atoms with E-state index in [1.54, 1.807) is 11.1 Å². The maximum Gasteiger partial charge on any atom is 0.144 e. The smallest absolute Gasteiger partial charge is 0.144 e. The molecule has 0 bridgehead atoms. The van der Waals surface area contributed by atoms with E-state index in [1.807, 2.05) is 6.20 Å². The summed E-state index contributed by atoms with van der Waals surface area (Å²) in [7, 11) is 0. The molecule has 3 aliphatic carbocycles. The van der Waals surface area contributed by atoms with Gasteiger partial charge in [0.25, 0.3) is 0 Å². The Bertz CT molecular complexity index is 1200. The van der Waals surface area contributed by atoms with Gasteiger partial charge >= 0.3 is 0 Å². The van der Waals surface area contributed by atoms with Crippen molar-refractivity contribution in [3.8, 4) is 17.1 Å². The molecule has 0 atom stereocenters. The average Bonchev–Trinajstić information content (AvgIpc) is 3.44. The lowest BCUT2D eigenvalue weighted by molar-refractivity contribution is 0.433. The summed E-state index contributed by atoms with van der Waals surface area (Å²) >= 11 is 0. The summed E-state index contributed by atoms with van der Waals surface area (Å²) in [6.07, 6.45) is 27.2. The lowest BCUT2D eigenvalue weighted by Gasteiger charge is -2.33. The molecule has 1 aromatic heterocycles. The highest BCUT2D eigenvalue weighted by atomic mass is 15.1. The van der Waals surface area contributed by atoms with E-state index in [-0.39, 0.29) is 0 Å². The fourth-order valence-corrected chi connectivity index (χ4v) is 6.79. The van der Waals surface area contributed by atoms with Crippen molar-refractivity contribution in [3.63, 3.8) is 0 Å². The van der Waals surface area contributed by atoms with E-state index in [1.165, 1.54) is 86.6 Å². The molecule has 3 aliphatic rings. The number of allylic oxidation sites excluding steroid dienone is 4. The first-order valence-corrected chi connectivity index (χ1v) is 14.0. The van der Waals surface area contributed by atoms with Crippen LogP contribution in [0.3, 0.4) is 0 Å². The second kappa shape index (κ2) is 10.4. The van der Waals surface area contributed by atoms with Gasteiger partial charge in [0.2, 0.25) is 0 Å². The van der Waals surface area contributed by atoms with Crippen LogP contribution in [0.25, 0.3) is 22.6 Å². The van der Waals surface area contributed by atoms with E-state index in [0.29, 0.717) is 11.8 Å². The summed E-state index contributed by atoms with van der Waals surface area (Å²) in [4.78, 5) is 4.91. The third-order valence-electron chi connectivity index (χ3n) is 8.53. The van der Waals surface area contributed by atoms with Gasteiger partial charge in [0.15, 0.2) is 0 Å². The van der Waals surface area contributed by atoms with Gasteiger partial charge in [-0.05, 0) is 72.6 Å². The zero-order chi connectivity index (χ0) is 23.5. The minimum atomic E-state index is 0.625. The van der Waals surface area contributed by atoms with Crippen molar-refractivity contribution in [2.24, 2.45) is 0 Å². The van der Waals surface area contributed by atoms with Gasteiger partial charge in [-0.3, -0.25) is 4.57 Å². The van der Waals surface area contributed by atoms with Crippen LogP contribution in [0.2, 0.25) is 0 Å². The Morgan fingerprint density at radius 1 is 0.743 bits per heavy atom. The lowest BCUT2D eigenvalue weighted by atomic mass is 9.75. The van der Waals surface area contributed by atoms with E-state index in [0.717, 1.165) is 18.7 Å². The number of hydrogen-bond donors (Lipinski definition) is 0. The van der Waals surface area contributed by atoms with Crippen LogP contribution >= 0.6 is 0 Å².